The van der Waals surface area contributed by atoms with Gasteiger partial charge in [-0.3, -0.25) is 4.90 Å². The van der Waals surface area contributed by atoms with Crippen molar-refractivity contribution in [3.8, 4) is 0 Å². The molecule has 0 unspecified atom stereocenters. The van der Waals surface area contributed by atoms with Crippen LogP contribution in [-0.2, 0) is 11.3 Å². The molecule has 2 aliphatic heterocycles. The Morgan fingerprint density at radius 1 is 1.35 bits per heavy atom. The highest BCUT2D eigenvalue weighted by Gasteiger charge is 2.43. The van der Waals surface area contributed by atoms with Crippen molar-refractivity contribution in [2.24, 2.45) is 11.8 Å². The zero-order valence-corrected chi connectivity index (χ0v) is 14.1. The molecule has 2 aliphatic rings. The molecule has 2 aromatic heterocycles. The average molecular weight is 330 g/mol. The van der Waals surface area contributed by atoms with Crippen molar-refractivity contribution >= 4 is 17.2 Å². The van der Waals surface area contributed by atoms with E-state index in [1.165, 1.54) is 10.6 Å². The first-order chi connectivity index (χ1) is 11.3. The first kappa shape index (κ1) is 15.1. The van der Waals surface area contributed by atoms with Crippen molar-refractivity contribution in [3.05, 3.63) is 40.5 Å². The summed E-state index contributed by atoms with van der Waals surface area (Å²) >= 11 is 1.76. The standard InChI is InChI=1S/C17H22N4OS/c1-12-16(23-11-20-12)9-21-7-14-13(10-22-15(14)8-21)6-19-17-4-2-3-5-18-17/h2-5,11,13-15H,6-10H2,1H3,(H,18,19)/t13-,14+,15+/m0/s1. The summed E-state index contributed by atoms with van der Waals surface area (Å²) in [5.41, 5.74) is 3.11. The maximum absolute atomic E-state index is 6.04. The predicted octanol–water partition coefficient (Wildman–Crippen LogP) is 2.41. The minimum Gasteiger partial charge on any atom is -0.376 e. The lowest BCUT2D eigenvalue weighted by Crippen LogP contribution is -2.27. The van der Waals surface area contributed by atoms with E-state index < -0.39 is 0 Å². The maximum atomic E-state index is 6.04. The number of fused-ring (bicyclic) bond motifs is 1. The number of thiazole rings is 1. The van der Waals surface area contributed by atoms with Crippen LogP contribution in [0.15, 0.2) is 29.9 Å². The summed E-state index contributed by atoms with van der Waals surface area (Å²) in [5, 5.41) is 3.45. The second-order valence-corrected chi connectivity index (χ2v) is 7.39. The van der Waals surface area contributed by atoms with Crippen molar-refractivity contribution in [1.29, 1.82) is 0 Å². The molecule has 3 atom stereocenters. The minimum atomic E-state index is 0.388. The molecule has 0 amide bonds. The summed E-state index contributed by atoms with van der Waals surface area (Å²) in [6.07, 6.45) is 2.21. The lowest BCUT2D eigenvalue weighted by Gasteiger charge is -2.19. The third-order valence-electron chi connectivity index (χ3n) is 4.94. The Labute approximate surface area is 140 Å². The number of ether oxygens (including phenoxy) is 1. The van der Waals surface area contributed by atoms with Gasteiger partial charge in [0, 0.05) is 49.1 Å². The van der Waals surface area contributed by atoms with Gasteiger partial charge < -0.3 is 10.1 Å². The summed E-state index contributed by atoms with van der Waals surface area (Å²) in [4.78, 5) is 12.6. The molecule has 0 aromatic carbocycles. The topological polar surface area (TPSA) is 50.3 Å². The fourth-order valence-electron chi connectivity index (χ4n) is 3.60. The van der Waals surface area contributed by atoms with E-state index in [1.807, 2.05) is 29.9 Å². The number of likely N-dealkylation sites (tertiary alicyclic amines) is 1. The van der Waals surface area contributed by atoms with Gasteiger partial charge in [0.15, 0.2) is 0 Å². The van der Waals surface area contributed by atoms with Crippen LogP contribution < -0.4 is 5.32 Å². The fraction of sp³-hybridized carbons (Fsp3) is 0.529. The molecule has 4 rings (SSSR count). The Kier molecular flexibility index (Phi) is 4.29. The Balaban J connectivity index is 1.33. The Morgan fingerprint density at radius 3 is 3.09 bits per heavy atom. The first-order valence-electron chi connectivity index (χ1n) is 8.17. The summed E-state index contributed by atoms with van der Waals surface area (Å²) < 4.78 is 6.04. The van der Waals surface area contributed by atoms with Crippen LogP contribution in [0.5, 0.6) is 0 Å². The third-order valence-corrected chi connectivity index (χ3v) is 5.86. The van der Waals surface area contributed by atoms with E-state index in [-0.39, 0.29) is 0 Å². The van der Waals surface area contributed by atoms with Gasteiger partial charge in [-0.05, 0) is 19.1 Å². The van der Waals surface area contributed by atoms with E-state index in [9.17, 15) is 0 Å². The van der Waals surface area contributed by atoms with Gasteiger partial charge in [0.2, 0.25) is 0 Å². The van der Waals surface area contributed by atoms with E-state index >= 15 is 0 Å². The number of aromatic nitrogens is 2. The zero-order chi connectivity index (χ0) is 15.6. The van der Waals surface area contributed by atoms with Crippen molar-refractivity contribution in [2.45, 2.75) is 19.6 Å². The van der Waals surface area contributed by atoms with E-state index in [4.69, 9.17) is 4.74 Å². The second-order valence-electron chi connectivity index (χ2n) is 6.45. The van der Waals surface area contributed by atoms with Crippen molar-refractivity contribution in [3.63, 3.8) is 0 Å². The Hall–Kier alpha value is -1.50. The number of pyridine rings is 1. The highest BCUT2D eigenvalue weighted by atomic mass is 32.1. The molecule has 0 saturated carbocycles. The van der Waals surface area contributed by atoms with Crippen molar-refractivity contribution in [2.75, 3.05) is 31.6 Å². The van der Waals surface area contributed by atoms with Gasteiger partial charge in [-0.2, -0.15) is 0 Å². The van der Waals surface area contributed by atoms with Gasteiger partial charge in [-0.15, -0.1) is 11.3 Å². The molecule has 0 radical (unpaired) electrons. The summed E-state index contributed by atoms with van der Waals surface area (Å²) in [6, 6.07) is 5.97. The summed E-state index contributed by atoms with van der Waals surface area (Å²) in [7, 11) is 0. The van der Waals surface area contributed by atoms with E-state index in [2.05, 4.69) is 27.1 Å². The van der Waals surface area contributed by atoms with Gasteiger partial charge in [-0.1, -0.05) is 6.07 Å². The van der Waals surface area contributed by atoms with Crippen LogP contribution in [0.3, 0.4) is 0 Å². The molecule has 0 spiro atoms. The Bertz CT molecular complexity index is 647. The normalized spacial score (nSPS) is 27.3. The molecule has 4 heterocycles. The molecule has 2 fully saturated rings. The zero-order valence-electron chi connectivity index (χ0n) is 13.3. The largest absolute Gasteiger partial charge is 0.376 e. The van der Waals surface area contributed by atoms with Crippen molar-refractivity contribution < 1.29 is 4.74 Å². The monoisotopic (exact) mass is 330 g/mol. The van der Waals surface area contributed by atoms with Gasteiger partial charge >= 0.3 is 0 Å². The van der Waals surface area contributed by atoms with E-state index in [1.54, 1.807) is 11.3 Å². The van der Waals surface area contributed by atoms with Crippen LogP contribution in [0.1, 0.15) is 10.6 Å². The summed E-state index contributed by atoms with van der Waals surface area (Å²) in [5.74, 6) is 2.14. The van der Waals surface area contributed by atoms with Crippen molar-refractivity contribution in [1.82, 2.24) is 14.9 Å². The molecule has 0 bridgehead atoms. The molecular formula is C17H22N4OS. The molecule has 1 N–H and O–H groups in total. The van der Waals surface area contributed by atoms with Gasteiger partial charge in [0.25, 0.3) is 0 Å². The Morgan fingerprint density at radius 2 is 2.30 bits per heavy atom. The molecule has 2 aromatic rings. The number of hydrogen-bond acceptors (Lipinski definition) is 6. The fourth-order valence-corrected chi connectivity index (χ4v) is 4.42. The number of nitrogens with zero attached hydrogens (tertiary/aromatic N) is 3. The summed E-state index contributed by atoms with van der Waals surface area (Å²) in [6.45, 7) is 7.07. The smallest absolute Gasteiger partial charge is 0.125 e. The minimum absolute atomic E-state index is 0.388. The van der Waals surface area contributed by atoms with Gasteiger partial charge in [0.1, 0.15) is 5.82 Å². The van der Waals surface area contributed by atoms with Gasteiger partial charge in [-0.25, -0.2) is 9.97 Å². The highest BCUT2D eigenvalue weighted by molar-refractivity contribution is 7.09. The molecule has 122 valence electrons. The van der Waals surface area contributed by atoms with Crippen LogP contribution in [-0.4, -0.2) is 47.2 Å². The molecule has 23 heavy (non-hydrogen) atoms. The van der Waals surface area contributed by atoms with Gasteiger partial charge in [0.05, 0.1) is 23.9 Å². The molecule has 2 saturated heterocycles. The average Bonchev–Trinajstić information content (AvgIpc) is 3.24. The SMILES string of the molecule is Cc1ncsc1CN1C[C@@H]2[C@@H](CNc3ccccn3)CO[C@@H]2C1. The predicted molar refractivity (Wildman–Crippen MR) is 91.6 cm³/mol. The number of nitrogens with one attached hydrogen (secondary N) is 1. The molecular weight excluding hydrogens is 308 g/mol. The molecule has 5 nitrogen and oxygen atoms in total. The quantitative estimate of drug-likeness (QED) is 0.912. The molecule has 0 aliphatic carbocycles. The van der Waals surface area contributed by atoms with E-state index in [0.717, 1.165) is 38.6 Å². The van der Waals surface area contributed by atoms with Crippen LogP contribution in [0.2, 0.25) is 0 Å². The highest BCUT2D eigenvalue weighted by Crippen LogP contribution is 2.34. The van der Waals surface area contributed by atoms with Crippen LogP contribution in [0, 0.1) is 18.8 Å². The number of aryl methyl sites for hydroxylation is 1. The van der Waals surface area contributed by atoms with Crippen LogP contribution >= 0.6 is 11.3 Å². The first-order valence-corrected chi connectivity index (χ1v) is 9.05. The molecule has 6 heteroatoms. The third kappa shape index (κ3) is 3.24. The van der Waals surface area contributed by atoms with Crippen LogP contribution in [0.25, 0.3) is 0 Å². The second kappa shape index (κ2) is 6.55. The number of hydrogen-bond donors (Lipinski definition) is 1. The number of rotatable bonds is 5. The van der Waals surface area contributed by atoms with Crippen LogP contribution in [0.4, 0.5) is 5.82 Å². The van der Waals surface area contributed by atoms with E-state index in [0.29, 0.717) is 17.9 Å². The lowest BCUT2D eigenvalue weighted by atomic mass is 9.93. The lowest BCUT2D eigenvalue weighted by molar-refractivity contribution is 0.0947. The number of anilines is 1. The maximum Gasteiger partial charge on any atom is 0.125 e.